The Hall–Kier alpha value is -1.83. The van der Waals surface area contributed by atoms with Crippen LogP contribution in [0.15, 0.2) is 35.4 Å². The third-order valence-corrected chi connectivity index (χ3v) is 5.85. The minimum Gasteiger partial charge on any atom is -0.493 e. The number of benzene rings is 1. The first kappa shape index (κ1) is 20.5. The molecule has 6 nitrogen and oxygen atoms in total. The van der Waals surface area contributed by atoms with Crippen molar-refractivity contribution in [2.24, 2.45) is 7.05 Å². The van der Waals surface area contributed by atoms with Gasteiger partial charge in [-0.2, -0.15) is 0 Å². The van der Waals surface area contributed by atoms with Gasteiger partial charge in [0.05, 0.1) is 17.5 Å². The molecule has 1 heterocycles. The van der Waals surface area contributed by atoms with Crippen LogP contribution in [0.5, 0.6) is 5.75 Å². The van der Waals surface area contributed by atoms with Crippen molar-refractivity contribution in [2.75, 3.05) is 27.2 Å². The number of aryl methyl sites for hydroxylation is 3. The summed E-state index contributed by atoms with van der Waals surface area (Å²) in [5.41, 5.74) is 2.69. The minimum atomic E-state index is -3.61. The van der Waals surface area contributed by atoms with Crippen molar-refractivity contribution in [3.05, 3.63) is 47.3 Å². The topological polar surface area (TPSA) is 63.6 Å². The average molecular weight is 380 g/mol. The van der Waals surface area contributed by atoms with Gasteiger partial charge >= 0.3 is 0 Å². The summed E-state index contributed by atoms with van der Waals surface area (Å²) in [6.07, 6.45) is 1.96. The van der Waals surface area contributed by atoms with Crippen LogP contribution in [0.2, 0.25) is 0 Å². The highest BCUT2D eigenvalue weighted by atomic mass is 32.2. The summed E-state index contributed by atoms with van der Waals surface area (Å²) < 4.78 is 36.0. The average Bonchev–Trinajstić information content (AvgIpc) is 2.96. The van der Waals surface area contributed by atoms with E-state index in [4.69, 9.17) is 4.74 Å². The Labute approximate surface area is 156 Å². The van der Waals surface area contributed by atoms with E-state index in [0.29, 0.717) is 13.2 Å². The summed E-state index contributed by atoms with van der Waals surface area (Å²) in [4.78, 5) is 2.27. The van der Waals surface area contributed by atoms with Gasteiger partial charge in [-0.25, -0.2) is 13.1 Å². The maximum atomic E-state index is 12.8. The van der Waals surface area contributed by atoms with Gasteiger partial charge in [0, 0.05) is 25.5 Å². The number of hydrogen-bond acceptors (Lipinski definition) is 4. The van der Waals surface area contributed by atoms with Crippen LogP contribution in [-0.4, -0.2) is 45.1 Å². The van der Waals surface area contributed by atoms with E-state index >= 15 is 0 Å². The zero-order chi connectivity index (χ0) is 19.5. The fourth-order valence-electron chi connectivity index (χ4n) is 3.08. The van der Waals surface area contributed by atoms with Gasteiger partial charge < -0.3 is 9.30 Å². The third-order valence-electron chi connectivity index (χ3n) is 4.45. The van der Waals surface area contributed by atoms with Crippen molar-refractivity contribution in [1.29, 1.82) is 0 Å². The molecular weight excluding hydrogens is 350 g/mol. The molecule has 1 aromatic heterocycles. The van der Waals surface area contributed by atoms with Crippen LogP contribution in [0, 0.1) is 13.8 Å². The molecule has 2 rings (SSSR count). The minimum absolute atomic E-state index is 0.0605. The van der Waals surface area contributed by atoms with Gasteiger partial charge in [0.2, 0.25) is 10.0 Å². The maximum absolute atomic E-state index is 12.8. The molecule has 0 fully saturated rings. The highest BCUT2D eigenvalue weighted by Gasteiger charge is 2.22. The fraction of sp³-hybridized carbons (Fsp3) is 0.474. The lowest BCUT2D eigenvalue weighted by atomic mass is 10.1. The molecule has 1 unspecified atom stereocenters. The molecule has 144 valence electrons. The van der Waals surface area contributed by atoms with E-state index in [9.17, 15) is 8.42 Å². The van der Waals surface area contributed by atoms with Crippen molar-refractivity contribution >= 4 is 10.0 Å². The van der Waals surface area contributed by atoms with Gasteiger partial charge in [-0.3, -0.25) is 4.90 Å². The second-order valence-corrected chi connectivity index (χ2v) is 8.46. The van der Waals surface area contributed by atoms with Gasteiger partial charge in [-0.15, -0.1) is 0 Å². The van der Waals surface area contributed by atoms with Crippen LogP contribution in [0.3, 0.4) is 0 Å². The molecule has 1 aromatic carbocycles. The zero-order valence-electron chi connectivity index (χ0n) is 16.4. The van der Waals surface area contributed by atoms with Crippen molar-refractivity contribution in [2.45, 2.75) is 31.7 Å². The number of rotatable bonds is 8. The van der Waals surface area contributed by atoms with Crippen LogP contribution in [-0.2, 0) is 17.1 Å². The van der Waals surface area contributed by atoms with E-state index in [1.54, 1.807) is 12.1 Å². The number of nitrogens with zero attached hydrogens (tertiary/aromatic N) is 2. The molecule has 1 atom stereocenters. The molecule has 0 aliphatic heterocycles. The molecule has 0 spiro atoms. The Morgan fingerprint density at radius 1 is 1.23 bits per heavy atom. The summed E-state index contributed by atoms with van der Waals surface area (Å²) in [7, 11) is 2.23. The quantitative estimate of drug-likeness (QED) is 0.766. The number of likely N-dealkylation sites (N-methyl/N-ethyl adjacent to an activating group) is 1. The highest BCUT2D eigenvalue weighted by molar-refractivity contribution is 7.89. The number of hydrogen-bond donors (Lipinski definition) is 1. The molecule has 0 bridgehead atoms. The van der Waals surface area contributed by atoms with E-state index in [0.717, 1.165) is 22.6 Å². The summed E-state index contributed by atoms with van der Waals surface area (Å²) in [6.45, 7) is 6.48. The zero-order valence-corrected chi connectivity index (χ0v) is 17.2. The SMILES string of the molecule is CCOc1c(C)cc(S(=O)(=O)NCC(c2cccn2C)N(C)C)cc1C. The first-order valence-corrected chi connectivity index (χ1v) is 10.2. The molecule has 0 saturated heterocycles. The van der Waals surface area contributed by atoms with Crippen molar-refractivity contribution in [1.82, 2.24) is 14.2 Å². The van der Waals surface area contributed by atoms with Crippen LogP contribution in [0.25, 0.3) is 0 Å². The van der Waals surface area contributed by atoms with Gasteiger partial charge in [0.1, 0.15) is 5.75 Å². The first-order chi connectivity index (χ1) is 12.2. The van der Waals surface area contributed by atoms with E-state index in [-0.39, 0.29) is 10.9 Å². The first-order valence-electron chi connectivity index (χ1n) is 8.68. The van der Waals surface area contributed by atoms with Crippen molar-refractivity contribution in [3.63, 3.8) is 0 Å². The largest absolute Gasteiger partial charge is 0.493 e. The Morgan fingerprint density at radius 3 is 2.31 bits per heavy atom. The van der Waals surface area contributed by atoms with Crippen LogP contribution >= 0.6 is 0 Å². The van der Waals surface area contributed by atoms with Crippen LogP contribution in [0.4, 0.5) is 0 Å². The summed E-state index contributed by atoms with van der Waals surface area (Å²) in [5.74, 6) is 0.751. The summed E-state index contributed by atoms with van der Waals surface area (Å²) in [6, 6.07) is 7.22. The Bertz CT molecular complexity index is 834. The van der Waals surface area contributed by atoms with Gasteiger partial charge in [-0.05, 0) is 70.3 Å². The van der Waals surface area contributed by atoms with Gasteiger partial charge in [0.15, 0.2) is 0 Å². The molecule has 26 heavy (non-hydrogen) atoms. The molecule has 1 N–H and O–H groups in total. The normalized spacial score (nSPS) is 13.2. The number of sulfonamides is 1. The lowest BCUT2D eigenvalue weighted by Crippen LogP contribution is -2.35. The Balaban J connectivity index is 2.24. The van der Waals surface area contributed by atoms with Crippen molar-refractivity contribution < 1.29 is 13.2 Å². The molecule has 2 aromatic rings. The van der Waals surface area contributed by atoms with E-state index < -0.39 is 10.0 Å². The number of ether oxygens (including phenoxy) is 1. The van der Waals surface area contributed by atoms with Crippen LogP contribution < -0.4 is 9.46 Å². The molecule has 0 aliphatic rings. The number of nitrogens with one attached hydrogen (secondary N) is 1. The Kier molecular flexibility index (Phi) is 6.49. The van der Waals surface area contributed by atoms with E-state index in [2.05, 4.69) is 4.72 Å². The lowest BCUT2D eigenvalue weighted by molar-refractivity contribution is 0.289. The van der Waals surface area contributed by atoms with Gasteiger partial charge in [-0.1, -0.05) is 0 Å². The van der Waals surface area contributed by atoms with Gasteiger partial charge in [0.25, 0.3) is 0 Å². The Morgan fingerprint density at radius 2 is 1.85 bits per heavy atom. The van der Waals surface area contributed by atoms with Crippen molar-refractivity contribution in [3.8, 4) is 5.75 Å². The van der Waals surface area contributed by atoms with Crippen LogP contribution in [0.1, 0.15) is 29.8 Å². The second kappa shape index (κ2) is 8.24. The maximum Gasteiger partial charge on any atom is 0.240 e. The molecule has 0 aliphatic carbocycles. The highest BCUT2D eigenvalue weighted by Crippen LogP contribution is 2.27. The fourth-order valence-corrected chi connectivity index (χ4v) is 4.29. The summed E-state index contributed by atoms with van der Waals surface area (Å²) in [5, 5.41) is 0. The summed E-state index contributed by atoms with van der Waals surface area (Å²) >= 11 is 0. The van der Waals surface area contributed by atoms with E-state index in [1.807, 2.05) is 69.7 Å². The molecule has 0 radical (unpaired) electrons. The molecule has 0 saturated carbocycles. The lowest BCUT2D eigenvalue weighted by Gasteiger charge is -2.25. The smallest absolute Gasteiger partial charge is 0.240 e. The predicted molar refractivity (Wildman–Crippen MR) is 104 cm³/mol. The number of aromatic nitrogens is 1. The third kappa shape index (κ3) is 4.47. The second-order valence-electron chi connectivity index (χ2n) is 6.69. The molecule has 7 heteroatoms. The molecule has 0 amide bonds. The predicted octanol–water partition coefficient (Wildman–Crippen LogP) is 2.62. The molecular formula is C19H29N3O3S. The monoisotopic (exact) mass is 379 g/mol. The van der Waals surface area contributed by atoms with E-state index in [1.165, 1.54) is 0 Å². The standard InChI is InChI=1S/C19H29N3O3S/c1-7-25-19-14(2)11-16(12-15(19)3)26(23,24)20-13-18(21(4)5)17-9-8-10-22(17)6/h8-12,18,20H,7,13H2,1-6H3.